The number of aryl methyl sites for hydroxylation is 1. The molecule has 0 radical (unpaired) electrons. The van der Waals surface area contributed by atoms with Crippen molar-refractivity contribution in [2.75, 3.05) is 42.7 Å². The maximum absolute atomic E-state index is 12.9. The molecule has 0 aliphatic heterocycles. The molecule has 0 unspecified atom stereocenters. The molecular formula is C28H34ClN5O3. The van der Waals surface area contributed by atoms with E-state index in [0.717, 1.165) is 12.1 Å². The molecule has 3 amide bonds. The fourth-order valence-corrected chi connectivity index (χ4v) is 3.32. The van der Waals surface area contributed by atoms with Crippen molar-refractivity contribution in [3.63, 3.8) is 0 Å². The van der Waals surface area contributed by atoms with Gasteiger partial charge in [0.1, 0.15) is 5.82 Å². The number of hydrogen-bond acceptors (Lipinski definition) is 5. The molecule has 2 aromatic carbocycles. The first-order chi connectivity index (χ1) is 17.7. The lowest BCUT2D eigenvalue weighted by Gasteiger charge is -2.21. The number of nitrogens with one attached hydrogen (secondary N) is 2. The number of rotatable bonds is 8. The van der Waals surface area contributed by atoms with Gasteiger partial charge in [-0.2, -0.15) is 0 Å². The van der Waals surface area contributed by atoms with Crippen LogP contribution in [-0.4, -0.2) is 54.8 Å². The van der Waals surface area contributed by atoms with Crippen molar-refractivity contribution in [3.8, 4) is 0 Å². The third-order valence-electron chi connectivity index (χ3n) is 5.47. The van der Waals surface area contributed by atoms with Gasteiger partial charge in [-0.1, -0.05) is 44.0 Å². The van der Waals surface area contributed by atoms with E-state index in [0.29, 0.717) is 39.9 Å². The zero-order chi connectivity index (χ0) is 27.5. The van der Waals surface area contributed by atoms with Crippen LogP contribution in [0, 0.1) is 6.92 Å². The lowest BCUT2D eigenvalue weighted by Crippen LogP contribution is -2.36. The van der Waals surface area contributed by atoms with Crippen LogP contribution in [0.25, 0.3) is 0 Å². The Morgan fingerprint density at radius 3 is 2.19 bits per heavy atom. The van der Waals surface area contributed by atoms with Crippen LogP contribution in [-0.2, 0) is 4.79 Å². The second-order valence-corrected chi connectivity index (χ2v) is 8.59. The van der Waals surface area contributed by atoms with Gasteiger partial charge in [0, 0.05) is 24.5 Å². The van der Waals surface area contributed by atoms with Crippen LogP contribution in [0.1, 0.15) is 47.1 Å². The number of benzene rings is 2. The van der Waals surface area contributed by atoms with Crippen LogP contribution in [0.3, 0.4) is 0 Å². The summed E-state index contributed by atoms with van der Waals surface area (Å²) in [5.74, 6) is -0.486. The maximum Gasteiger partial charge on any atom is 0.258 e. The lowest BCUT2D eigenvalue weighted by atomic mass is 10.1. The third-order valence-corrected chi connectivity index (χ3v) is 5.70. The molecule has 0 aliphatic rings. The molecule has 0 bridgehead atoms. The summed E-state index contributed by atoms with van der Waals surface area (Å²) in [7, 11) is 3.58. The second-order valence-electron chi connectivity index (χ2n) is 8.15. The van der Waals surface area contributed by atoms with Crippen molar-refractivity contribution in [2.24, 2.45) is 0 Å². The van der Waals surface area contributed by atoms with Crippen LogP contribution < -0.4 is 15.5 Å². The van der Waals surface area contributed by atoms with Crippen LogP contribution >= 0.6 is 11.6 Å². The monoisotopic (exact) mass is 523 g/mol. The topological polar surface area (TPSA) is 94.6 Å². The number of amides is 3. The van der Waals surface area contributed by atoms with E-state index in [-0.39, 0.29) is 11.8 Å². The number of pyridine rings is 1. The predicted molar refractivity (Wildman–Crippen MR) is 151 cm³/mol. The molecule has 1 heterocycles. The van der Waals surface area contributed by atoms with Gasteiger partial charge < -0.3 is 15.5 Å². The van der Waals surface area contributed by atoms with Crippen molar-refractivity contribution in [1.82, 2.24) is 9.88 Å². The highest BCUT2D eigenvalue weighted by Gasteiger charge is 2.17. The summed E-state index contributed by atoms with van der Waals surface area (Å²) in [6.07, 6.45) is 1.44. The van der Waals surface area contributed by atoms with Crippen LogP contribution in [0.5, 0.6) is 0 Å². The summed E-state index contributed by atoms with van der Waals surface area (Å²) in [5, 5.41) is 5.98. The average molecular weight is 524 g/mol. The Bertz CT molecular complexity index is 1210. The van der Waals surface area contributed by atoms with Crippen molar-refractivity contribution in [1.29, 1.82) is 0 Å². The normalized spacial score (nSPS) is 10.3. The zero-order valence-electron chi connectivity index (χ0n) is 22.1. The first-order valence-electron chi connectivity index (χ1n) is 12.1. The highest BCUT2D eigenvalue weighted by molar-refractivity contribution is 6.30. The van der Waals surface area contributed by atoms with Gasteiger partial charge in [-0.15, -0.1) is 0 Å². The van der Waals surface area contributed by atoms with E-state index < -0.39 is 5.91 Å². The molecule has 0 saturated heterocycles. The first kappa shape index (κ1) is 29.5. The lowest BCUT2D eigenvalue weighted by molar-refractivity contribution is -0.119. The summed E-state index contributed by atoms with van der Waals surface area (Å²) < 4.78 is 0. The van der Waals surface area contributed by atoms with Gasteiger partial charge in [-0.3, -0.25) is 19.3 Å². The first-order valence-corrected chi connectivity index (χ1v) is 12.5. The van der Waals surface area contributed by atoms with Crippen LogP contribution in [0.4, 0.5) is 17.2 Å². The fourth-order valence-electron chi connectivity index (χ4n) is 3.21. The third kappa shape index (κ3) is 8.41. The van der Waals surface area contributed by atoms with E-state index in [4.69, 9.17) is 11.6 Å². The Kier molecular flexibility index (Phi) is 11.2. The summed E-state index contributed by atoms with van der Waals surface area (Å²) in [6, 6.07) is 15.1. The molecule has 0 spiro atoms. The Balaban J connectivity index is 0.00000235. The van der Waals surface area contributed by atoms with Crippen molar-refractivity contribution in [3.05, 3.63) is 82.5 Å². The molecule has 3 rings (SSSR count). The molecule has 3 aromatic rings. The van der Waals surface area contributed by atoms with E-state index in [9.17, 15) is 14.4 Å². The number of likely N-dealkylation sites (N-methyl/N-ethyl adjacent to an activating group) is 2. The number of aromatic nitrogens is 1. The Hall–Kier alpha value is -3.75. The van der Waals surface area contributed by atoms with Gasteiger partial charge in [0.05, 0.1) is 22.8 Å². The minimum atomic E-state index is -0.411. The maximum atomic E-state index is 12.9. The number of carbonyl (C=O) groups is 3. The van der Waals surface area contributed by atoms with E-state index in [2.05, 4.69) is 15.6 Å². The summed E-state index contributed by atoms with van der Waals surface area (Å²) >= 11 is 5.85. The molecule has 9 heteroatoms. The van der Waals surface area contributed by atoms with E-state index in [1.54, 1.807) is 60.5 Å². The Morgan fingerprint density at radius 2 is 1.59 bits per heavy atom. The smallest absolute Gasteiger partial charge is 0.258 e. The molecule has 8 nitrogen and oxygen atoms in total. The Morgan fingerprint density at radius 1 is 0.919 bits per heavy atom. The molecule has 2 N–H and O–H groups in total. The summed E-state index contributed by atoms with van der Waals surface area (Å²) in [4.78, 5) is 45.8. The SMILES string of the molecule is CC.CCN(C)CC(=O)N(C)c1ccc(C(=O)Nc2ccc(C)cc2C(=O)Nc2ccc(Cl)cn2)cc1. The van der Waals surface area contributed by atoms with E-state index in [1.165, 1.54) is 6.20 Å². The van der Waals surface area contributed by atoms with E-state index >= 15 is 0 Å². The summed E-state index contributed by atoms with van der Waals surface area (Å²) in [5.41, 5.74) is 2.61. The molecular weight excluding hydrogens is 490 g/mol. The van der Waals surface area contributed by atoms with Crippen LogP contribution in [0.15, 0.2) is 60.8 Å². The fraction of sp³-hybridized carbons (Fsp3) is 0.286. The second kappa shape index (κ2) is 14.1. The zero-order valence-corrected chi connectivity index (χ0v) is 22.9. The molecule has 37 heavy (non-hydrogen) atoms. The van der Waals surface area contributed by atoms with Crippen molar-refractivity contribution >= 4 is 46.5 Å². The van der Waals surface area contributed by atoms with Crippen molar-refractivity contribution in [2.45, 2.75) is 27.7 Å². The Labute approximate surface area is 223 Å². The minimum absolute atomic E-state index is 0.0444. The molecule has 0 saturated carbocycles. The number of halogens is 1. The number of nitrogens with zero attached hydrogens (tertiary/aromatic N) is 3. The van der Waals surface area contributed by atoms with Crippen molar-refractivity contribution < 1.29 is 14.4 Å². The van der Waals surface area contributed by atoms with Crippen LogP contribution in [0.2, 0.25) is 5.02 Å². The standard InChI is InChI=1S/C26H28ClN5O3.C2H6/c1-5-31(3)16-24(33)32(4)20-10-7-18(8-11-20)25(34)29-22-12-6-17(2)14-21(22)26(35)30-23-13-9-19(27)15-28-23;1-2/h6-15H,5,16H2,1-4H3,(H,29,34)(H,28,30,35);1-2H3. The van der Waals surface area contributed by atoms with Gasteiger partial charge in [0.15, 0.2) is 0 Å². The molecule has 0 atom stereocenters. The molecule has 0 fully saturated rings. The van der Waals surface area contributed by atoms with E-state index in [1.807, 2.05) is 45.7 Å². The van der Waals surface area contributed by atoms with Gasteiger partial charge in [0.2, 0.25) is 5.91 Å². The largest absolute Gasteiger partial charge is 0.321 e. The van der Waals surface area contributed by atoms with Gasteiger partial charge >= 0.3 is 0 Å². The van der Waals surface area contributed by atoms with Gasteiger partial charge in [-0.05, 0) is 69.0 Å². The highest BCUT2D eigenvalue weighted by Crippen LogP contribution is 2.21. The predicted octanol–water partition coefficient (Wildman–Crippen LogP) is 5.49. The molecule has 1 aromatic heterocycles. The minimum Gasteiger partial charge on any atom is -0.321 e. The van der Waals surface area contributed by atoms with Gasteiger partial charge in [0.25, 0.3) is 11.8 Å². The highest BCUT2D eigenvalue weighted by atomic mass is 35.5. The van der Waals surface area contributed by atoms with Gasteiger partial charge in [-0.25, -0.2) is 4.98 Å². The molecule has 196 valence electrons. The summed E-state index contributed by atoms with van der Waals surface area (Å²) in [6.45, 7) is 8.92. The number of carbonyl (C=O) groups excluding carboxylic acids is 3. The number of hydrogen-bond donors (Lipinski definition) is 2. The number of anilines is 3. The molecule has 0 aliphatic carbocycles. The quantitative estimate of drug-likeness (QED) is 0.407. The average Bonchev–Trinajstić information content (AvgIpc) is 2.91.